The van der Waals surface area contributed by atoms with E-state index in [0.717, 1.165) is 36.0 Å². The minimum atomic E-state index is -0.450. The molecule has 0 radical (unpaired) electrons. The fourth-order valence-electron chi connectivity index (χ4n) is 3.13. The molecule has 2 heterocycles. The molecule has 0 aliphatic rings. The quantitative estimate of drug-likeness (QED) is 0.664. The summed E-state index contributed by atoms with van der Waals surface area (Å²) >= 11 is 0. The van der Waals surface area contributed by atoms with Crippen molar-refractivity contribution in [2.45, 2.75) is 40.2 Å². The maximum absolute atomic E-state index is 12.4. The lowest BCUT2D eigenvalue weighted by molar-refractivity contribution is 0.0526. The first-order valence-electron chi connectivity index (χ1n) is 8.31. The Hall–Kier alpha value is -2.56. The highest BCUT2D eigenvalue weighted by atomic mass is 16.5. The maximum Gasteiger partial charge on any atom is 0.344 e. The minimum Gasteiger partial charge on any atom is -0.462 e. The third-order valence-electron chi connectivity index (χ3n) is 4.29. The number of nitrogens with zero attached hydrogens (tertiary/aromatic N) is 1. The second-order valence-corrected chi connectivity index (χ2v) is 5.80. The van der Waals surface area contributed by atoms with Crippen molar-refractivity contribution in [1.29, 1.82) is 0 Å². The second kappa shape index (κ2) is 6.51. The summed E-state index contributed by atoms with van der Waals surface area (Å²) in [5.74, 6) is -0.450. The SMILES string of the molecule is CCCCn1c(C)c(C(=O)OCC)c2oc(=O)c3ccccc3c21. The van der Waals surface area contributed by atoms with Crippen molar-refractivity contribution in [2.24, 2.45) is 0 Å². The number of ether oxygens (including phenoxy) is 1. The van der Waals surface area contributed by atoms with Crippen molar-refractivity contribution in [3.63, 3.8) is 0 Å². The van der Waals surface area contributed by atoms with Gasteiger partial charge in [0.1, 0.15) is 5.56 Å². The molecule has 2 aromatic heterocycles. The Bertz CT molecular complexity index is 965. The Morgan fingerprint density at radius 1 is 1.21 bits per heavy atom. The van der Waals surface area contributed by atoms with Gasteiger partial charge in [0, 0.05) is 17.6 Å². The largest absolute Gasteiger partial charge is 0.462 e. The van der Waals surface area contributed by atoms with E-state index in [1.165, 1.54) is 0 Å². The van der Waals surface area contributed by atoms with Crippen LogP contribution in [0.1, 0.15) is 42.7 Å². The molecule has 0 saturated carbocycles. The Labute approximate surface area is 139 Å². The van der Waals surface area contributed by atoms with E-state index < -0.39 is 11.6 Å². The van der Waals surface area contributed by atoms with Gasteiger partial charge in [-0.15, -0.1) is 0 Å². The molecule has 0 saturated heterocycles. The number of aromatic nitrogens is 1. The highest BCUT2D eigenvalue weighted by Crippen LogP contribution is 2.31. The number of carbonyl (C=O) groups is 1. The number of hydrogen-bond acceptors (Lipinski definition) is 4. The van der Waals surface area contributed by atoms with Crippen molar-refractivity contribution >= 4 is 27.8 Å². The lowest BCUT2D eigenvalue weighted by atomic mass is 10.1. The minimum absolute atomic E-state index is 0.276. The predicted molar refractivity (Wildman–Crippen MR) is 93.6 cm³/mol. The molecule has 0 amide bonds. The van der Waals surface area contributed by atoms with Crippen molar-refractivity contribution in [1.82, 2.24) is 4.57 Å². The van der Waals surface area contributed by atoms with Gasteiger partial charge in [0.2, 0.25) is 0 Å². The number of carbonyl (C=O) groups excluding carboxylic acids is 1. The number of benzene rings is 1. The van der Waals surface area contributed by atoms with Gasteiger partial charge in [0.05, 0.1) is 17.5 Å². The molecule has 0 spiro atoms. The van der Waals surface area contributed by atoms with Gasteiger partial charge >= 0.3 is 11.6 Å². The maximum atomic E-state index is 12.4. The average Bonchev–Trinajstić information content (AvgIpc) is 2.85. The standard InChI is InChI=1S/C19H21NO4/c1-4-6-11-20-12(3)15(19(22)23-5-2)17-16(20)13-9-7-8-10-14(13)18(21)24-17/h7-10H,4-6,11H2,1-3H3. The van der Waals surface area contributed by atoms with Crippen LogP contribution in [0.15, 0.2) is 33.5 Å². The van der Waals surface area contributed by atoms with E-state index in [2.05, 4.69) is 11.5 Å². The second-order valence-electron chi connectivity index (χ2n) is 5.80. The van der Waals surface area contributed by atoms with Crippen LogP contribution in [0, 0.1) is 6.92 Å². The summed E-state index contributed by atoms with van der Waals surface area (Å²) in [5.41, 5.74) is 1.81. The van der Waals surface area contributed by atoms with E-state index in [9.17, 15) is 9.59 Å². The molecule has 3 rings (SSSR count). The molecule has 0 N–H and O–H groups in total. The van der Waals surface area contributed by atoms with Crippen LogP contribution in [0.3, 0.4) is 0 Å². The molecule has 0 atom stereocenters. The topological polar surface area (TPSA) is 61.4 Å². The van der Waals surface area contributed by atoms with Gasteiger partial charge in [0.25, 0.3) is 0 Å². The van der Waals surface area contributed by atoms with Crippen LogP contribution in [-0.4, -0.2) is 17.1 Å². The highest BCUT2D eigenvalue weighted by molar-refractivity contribution is 6.11. The summed E-state index contributed by atoms with van der Waals surface area (Å²) in [6, 6.07) is 7.34. The smallest absolute Gasteiger partial charge is 0.344 e. The van der Waals surface area contributed by atoms with E-state index in [0.29, 0.717) is 16.5 Å². The van der Waals surface area contributed by atoms with E-state index in [-0.39, 0.29) is 6.61 Å². The van der Waals surface area contributed by atoms with Gasteiger partial charge < -0.3 is 13.7 Å². The number of aryl methyl sites for hydroxylation is 1. The number of hydrogen-bond donors (Lipinski definition) is 0. The zero-order valence-electron chi connectivity index (χ0n) is 14.2. The molecule has 126 valence electrons. The van der Waals surface area contributed by atoms with Crippen molar-refractivity contribution in [3.8, 4) is 0 Å². The summed E-state index contributed by atoms with van der Waals surface area (Å²) in [7, 11) is 0. The molecular formula is C19H21NO4. The van der Waals surface area contributed by atoms with Crippen LogP contribution in [-0.2, 0) is 11.3 Å². The average molecular weight is 327 g/mol. The van der Waals surface area contributed by atoms with Crippen LogP contribution in [0.2, 0.25) is 0 Å². The van der Waals surface area contributed by atoms with Gasteiger partial charge in [0.15, 0.2) is 5.58 Å². The van der Waals surface area contributed by atoms with Gasteiger partial charge in [-0.2, -0.15) is 0 Å². The number of esters is 1. The molecule has 5 heteroatoms. The Morgan fingerprint density at radius 2 is 1.92 bits per heavy atom. The predicted octanol–water partition coefficient (Wildman–Crippen LogP) is 4.03. The normalized spacial score (nSPS) is 11.3. The van der Waals surface area contributed by atoms with Crippen LogP contribution in [0.5, 0.6) is 0 Å². The van der Waals surface area contributed by atoms with E-state index >= 15 is 0 Å². The van der Waals surface area contributed by atoms with Crippen LogP contribution in [0.4, 0.5) is 0 Å². The lowest BCUT2D eigenvalue weighted by Crippen LogP contribution is -2.08. The monoisotopic (exact) mass is 327 g/mol. The zero-order valence-corrected chi connectivity index (χ0v) is 14.2. The summed E-state index contributed by atoms with van der Waals surface area (Å²) in [6.07, 6.45) is 2.00. The molecule has 24 heavy (non-hydrogen) atoms. The molecule has 0 aliphatic heterocycles. The summed E-state index contributed by atoms with van der Waals surface area (Å²) in [4.78, 5) is 24.7. The van der Waals surface area contributed by atoms with Gasteiger partial charge in [-0.25, -0.2) is 9.59 Å². The van der Waals surface area contributed by atoms with Crippen molar-refractivity contribution < 1.29 is 13.9 Å². The van der Waals surface area contributed by atoms with Crippen LogP contribution in [0.25, 0.3) is 21.9 Å². The van der Waals surface area contributed by atoms with E-state index in [1.807, 2.05) is 25.1 Å². The first-order chi connectivity index (χ1) is 11.6. The Morgan fingerprint density at radius 3 is 2.58 bits per heavy atom. The van der Waals surface area contributed by atoms with Gasteiger partial charge in [-0.05, 0) is 26.3 Å². The first-order valence-corrected chi connectivity index (χ1v) is 8.31. The van der Waals surface area contributed by atoms with E-state index in [1.54, 1.807) is 13.0 Å². The number of unbranched alkanes of at least 4 members (excludes halogenated alkanes) is 1. The van der Waals surface area contributed by atoms with Crippen molar-refractivity contribution in [2.75, 3.05) is 6.61 Å². The highest BCUT2D eigenvalue weighted by Gasteiger charge is 2.25. The fraction of sp³-hybridized carbons (Fsp3) is 0.368. The number of rotatable bonds is 5. The lowest BCUT2D eigenvalue weighted by Gasteiger charge is -2.08. The van der Waals surface area contributed by atoms with Gasteiger partial charge in [-0.1, -0.05) is 31.5 Å². The number of fused-ring (bicyclic) bond motifs is 3. The molecule has 0 bridgehead atoms. The fourth-order valence-corrected chi connectivity index (χ4v) is 3.13. The van der Waals surface area contributed by atoms with E-state index in [4.69, 9.17) is 9.15 Å². The Kier molecular flexibility index (Phi) is 4.42. The Balaban J connectivity index is 2.43. The summed E-state index contributed by atoms with van der Waals surface area (Å²) in [5, 5.41) is 1.33. The molecule has 0 aliphatic carbocycles. The summed E-state index contributed by atoms with van der Waals surface area (Å²) in [6.45, 7) is 6.78. The third-order valence-corrected chi connectivity index (χ3v) is 4.29. The third kappa shape index (κ3) is 2.50. The molecule has 0 fully saturated rings. The van der Waals surface area contributed by atoms with Crippen LogP contribution >= 0.6 is 0 Å². The molecule has 0 unspecified atom stereocenters. The molecular weight excluding hydrogens is 306 g/mol. The van der Waals surface area contributed by atoms with Crippen molar-refractivity contribution in [3.05, 3.63) is 45.9 Å². The molecule has 5 nitrogen and oxygen atoms in total. The van der Waals surface area contributed by atoms with Gasteiger partial charge in [-0.3, -0.25) is 0 Å². The van der Waals surface area contributed by atoms with Crippen LogP contribution < -0.4 is 5.63 Å². The zero-order chi connectivity index (χ0) is 17.3. The molecule has 3 aromatic rings. The first kappa shape index (κ1) is 16.3. The summed E-state index contributed by atoms with van der Waals surface area (Å²) < 4.78 is 12.8. The molecule has 1 aromatic carbocycles.